The third-order valence-corrected chi connectivity index (χ3v) is 7.73. The summed E-state index contributed by atoms with van der Waals surface area (Å²) in [6.45, 7) is 0.499. The number of rotatable bonds is 6. The van der Waals surface area contributed by atoms with Gasteiger partial charge in [-0.2, -0.15) is 4.31 Å². The van der Waals surface area contributed by atoms with Crippen LogP contribution in [0, 0.1) is 11.7 Å². The minimum Gasteiger partial charge on any atom is -0.352 e. The molecular formula is C19H22FN3O5S2. The third-order valence-electron chi connectivity index (χ3n) is 4.92. The largest absolute Gasteiger partial charge is 0.352 e. The first kappa shape index (κ1) is 22.3. The molecule has 1 aliphatic heterocycles. The van der Waals surface area contributed by atoms with Gasteiger partial charge in [0.25, 0.3) is 0 Å². The first-order valence-corrected chi connectivity index (χ1v) is 12.2. The molecule has 1 heterocycles. The number of hydrogen-bond acceptors (Lipinski definition) is 5. The zero-order valence-corrected chi connectivity index (χ0v) is 17.6. The molecule has 30 heavy (non-hydrogen) atoms. The van der Waals surface area contributed by atoms with E-state index in [4.69, 9.17) is 5.14 Å². The van der Waals surface area contributed by atoms with Gasteiger partial charge in [-0.15, -0.1) is 0 Å². The van der Waals surface area contributed by atoms with Gasteiger partial charge in [0.15, 0.2) is 0 Å². The number of primary sulfonamides is 1. The number of carbonyl (C=O) groups excluding carboxylic acids is 1. The molecule has 0 aliphatic carbocycles. The summed E-state index contributed by atoms with van der Waals surface area (Å²) in [5.74, 6) is -1.33. The van der Waals surface area contributed by atoms with Crippen molar-refractivity contribution in [3.63, 3.8) is 0 Å². The summed E-state index contributed by atoms with van der Waals surface area (Å²) in [7, 11) is -7.60. The highest BCUT2D eigenvalue weighted by Crippen LogP contribution is 2.24. The Labute approximate surface area is 175 Å². The number of carbonyl (C=O) groups is 1. The van der Waals surface area contributed by atoms with Gasteiger partial charge >= 0.3 is 0 Å². The fourth-order valence-corrected chi connectivity index (χ4v) is 5.30. The van der Waals surface area contributed by atoms with Gasteiger partial charge in [0.05, 0.1) is 15.7 Å². The Morgan fingerprint density at radius 3 is 2.23 bits per heavy atom. The summed E-state index contributed by atoms with van der Waals surface area (Å²) in [5.41, 5.74) is 0.683. The van der Waals surface area contributed by atoms with Crippen molar-refractivity contribution in [2.24, 2.45) is 11.1 Å². The van der Waals surface area contributed by atoms with Crippen LogP contribution in [0.5, 0.6) is 0 Å². The maximum atomic E-state index is 13.1. The SMILES string of the molecule is NS(=O)(=O)c1ccc(CNC(=O)[C@@H]2CCCN(S(=O)(=O)c3ccc(F)cc3)C2)cc1. The average Bonchev–Trinajstić information content (AvgIpc) is 2.72. The maximum Gasteiger partial charge on any atom is 0.243 e. The van der Waals surface area contributed by atoms with Crippen molar-refractivity contribution in [1.29, 1.82) is 0 Å². The average molecular weight is 456 g/mol. The zero-order chi connectivity index (χ0) is 21.9. The molecule has 1 saturated heterocycles. The number of amides is 1. The maximum absolute atomic E-state index is 13.1. The van der Waals surface area contributed by atoms with E-state index in [-0.39, 0.29) is 28.8 Å². The molecule has 1 fully saturated rings. The number of sulfonamides is 2. The molecule has 0 saturated carbocycles. The highest BCUT2D eigenvalue weighted by molar-refractivity contribution is 7.89. The molecule has 1 atom stereocenters. The monoisotopic (exact) mass is 455 g/mol. The Morgan fingerprint density at radius 2 is 1.63 bits per heavy atom. The van der Waals surface area contributed by atoms with Crippen molar-refractivity contribution in [2.45, 2.75) is 29.2 Å². The molecule has 0 radical (unpaired) electrons. The van der Waals surface area contributed by atoms with Crippen LogP contribution in [0.25, 0.3) is 0 Å². The summed E-state index contributed by atoms with van der Waals surface area (Å²) in [5, 5.41) is 7.81. The Kier molecular flexibility index (Phi) is 6.56. The Morgan fingerprint density at radius 1 is 1.03 bits per heavy atom. The normalized spacial score (nSPS) is 18.1. The van der Waals surface area contributed by atoms with Crippen LogP contribution in [0.4, 0.5) is 4.39 Å². The van der Waals surface area contributed by atoms with Crippen molar-refractivity contribution in [3.05, 3.63) is 59.9 Å². The molecule has 0 unspecified atom stereocenters. The van der Waals surface area contributed by atoms with Crippen LogP contribution < -0.4 is 10.5 Å². The van der Waals surface area contributed by atoms with Gasteiger partial charge in [-0.25, -0.2) is 26.4 Å². The fraction of sp³-hybridized carbons (Fsp3) is 0.316. The second-order valence-corrected chi connectivity index (χ2v) is 10.6. The number of piperidine rings is 1. The van der Waals surface area contributed by atoms with Gasteiger partial charge < -0.3 is 5.32 Å². The van der Waals surface area contributed by atoms with Crippen LogP contribution in [0.1, 0.15) is 18.4 Å². The molecule has 3 rings (SSSR count). The molecule has 0 bridgehead atoms. The Bertz CT molecular complexity index is 1120. The van der Waals surface area contributed by atoms with E-state index in [0.29, 0.717) is 24.9 Å². The molecule has 0 spiro atoms. The minimum atomic E-state index is -3.81. The van der Waals surface area contributed by atoms with Crippen LogP contribution in [0.2, 0.25) is 0 Å². The van der Waals surface area contributed by atoms with Gasteiger partial charge in [0.1, 0.15) is 5.82 Å². The smallest absolute Gasteiger partial charge is 0.243 e. The quantitative estimate of drug-likeness (QED) is 0.677. The van der Waals surface area contributed by atoms with E-state index < -0.39 is 31.8 Å². The molecule has 2 aromatic rings. The fourth-order valence-electron chi connectivity index (χ4n) is 3.26. The number of nitrogens with zero attached hydrogens (tertiary/aromatic N) is 1. The molecule has 1 aliphatic rings. The lowest BCUT2D eigenvalue weighted by Gasteiger charge is -2.31. The molecule has 8 nitrogen and oxygen atoms in total. The summed E-state index contributed by atoms with van der Waals surface area (Å²) in [6, 6.07) is 10.4. The Balaban J connectivity index is 1.62. The van der Waals surface area contributed by atoms with Gasteiger partial charge in [0, 0.05) is 19.6 Å². The summed E-state index contributed by atoms with van der Waals surface area (Å²) in [6.07, 6.45) is 1.08. The molecule has 11 heteroatoms. The van der Waals surface area contributed by atoms with Crippen molar-refractivity contribution in [3.8, 4) is 0 Å². The van der Waals surface area contributed by atoms with Crippen LogP contribution in [-0.4, -0.2) is 40.1 Å². The van der Waals surface area contributed by atoms with E-state index in [1.54, 1.807) is 12.1 Å². The lowest BCUT2D eigenvalue weighted by atomic mass is 9.99. The van der Waals surface area contributed by atoms with Crippen LogP contribution >= 0.6 is 0 Å². The second-order valence-electron chi connectivity index (χ2n) is 7.06. The van der Waals surface area contributed by atoms with Gasteiger partial charge in [-0.05, 0) is 54.8 Å². The van der Waals surface area contributed by atoms with Crippen LogP contribution in [0.15, 0.2) is 58.3 Å². The lowest BCUT2D eigenvalue weighted by Crippen LogP contribution is -2.45. The molecule has 162 valence electrons. The summed E-state index contributed by atoms with van der Waals surface area (Å²) < 4.78 is 62.4. The van der Waals surface area contributed by atoms with Crippen LogP contribution in [-0.2, 0) is 31.4 Å². The third kappa shape index (κ3) is 5.22. The Hall–Kier alpha value is -2.34. The van der Waals surface area contributed by atoms with Gasteiger partial charge in [-0.3, -0.25) is 4.79 Å². The predicted molar refractivity (Wildman–Crippen MR) is 108 cm³/mol. The number of hydrogen-bond donors (Lipinski definition) is 2. The van der Waals surface area contributed by atoms with Crippen molar-refractivity contribution in [1.82, 2.24) is 9.62 Å². The molecule has 2 aromatic carbocycles. The summed E-state index contributed by atoms with van der Waals surface area (Å²) in [4.78, 5) is 12.5. The van der Waals surface area contributed by atoms with Gasteiger partial charge in [-0.1, -0.05) is 12.1 Å². The standard InChI is InChI=1S/C19H22FN3O5S2/c20-16-5-9-18(10-6-16)30(27,28)23-11-1-2-15(13-23)19(24)22-12-14-3-7-17(8-4-14)29(21,25)26/h3-10,15H,1-2,11-13H2,(H,22,24)(H2,21,25,26)/t15-/m1/s1. The first-order chi connectivity index (χ1) is 14.1. The molecule has 0 aromatic heterocycles. The summed E-state index contributed by atoms with van der Waals surface area (Å²) >= 11 is 0. The molecule has 3 N–H and O–H groups in total. The lowest BCUT2D eigenvalue weighted by molar-refractivity contribution is -0.126. The molecule has 1 amide bonds. The highest BCUT2D eigenvalue weighted by atomic mass is 32.2. The van der Waals surface area contributed by atoms with E-state index in [1.165, 1.54) is 28.6 Å². The number of nitrogens with two attached hydrogens (primary N) is 1. The molecular weight excluding hydrogens is 433 g/mol. The van der Waals surface area contributed by atoms with E-state index in [0.717, 1.165) is 12.1 Å². The number of halogens is 1. The number of nitrogens with one attached hydrogen (secondary N) is 1. The topological polar surface area (TPSA) is 127 Å². The van der Waals surface area contributed by atoms with E-state index >= 15 is 0 Å². The highest BCUT2D eigenvalue weighted by Gasteiger charge is 2.33. The van der Waals surface area contributed by atoms with E-state index in [1.807, 2.05) is 0 Å². The van der Waals surface area contributed by atoms with Crippen molar-refractivity contribution in [2.75, 3.05) is 13.1 Å². The van der Waals surface area contributed by atoms with Crippen LogP contribution in [0.3, 0.4) is 0 Å². The van der Waals surface area contributed by atoms with Crippen molar-refractivity contribution < 1.29 is 26.0 Å². The van der Waals surface area contributed by atoms with Gasteiger partial charge in [0.2, 0.25) is 26.0 Å². The second kappa shape index (κ2) is 8.80. The number of benzene rings is 2. The first-order valence-electron chi connectivity index (χ1n) is 9.22. The zero-order valence-electron chi connectivity index (χ0n) is 16.0. The minimum absolute atomic E-state index is 0.0140. The van der Waals surface area contributed by atoms with E-state index in [9.17, 15) is 26.0 Å². The predicted octanol–water partition coefficient (Wildman–Crippen LogP) is 1.19. The van der Waals surface area contributed by atoms with Crippen molar-refractivity contribution >= 4 is 26.0 Å². The van der Waals surface area contributed by atoms with E-state index in [2.05, 4.69) is 5.32 Å².